The Kier molecular flexibility index (Phi) is 6.67. The van der Waals surface area contributed by atoms with Crippen molar-refractivity contribution >= 4 is 11.9 Å². The number of piperidine rings is 1. The molecule has 5 nitrogen and oxygen atoms in total. The molecule has 0 spiro atoms. The fourth-order valence-corrected chi connectivity index (χ4v) is 4.35. The molecule has 5 heteroatoms. The van der Waals surface area contributed by atoms with Gasteiger partial charge in [0.2, 0.25) is 5.91 Å². The molecule has 1 heterocycles. The minimum Gasteiger partial charge on any atom is -0.481 e. The molecular formula is C21H30N2O3. The minimum atomic E-state index is -0.714. The van der Waals surface area contributed by atoms with Crippen molar-refractivity contribution in [3.05, 3.63) is 35.4 Å². The van der Waals surface area contributed by atoms with E-state index in [1.807, 2.05) is 6.07 Å². The molecule has 1 aliphatic carbocycles. The second-order valence-corrected chi connectivity index (χ2v) is 7.70. The van der Waals surface area contributed by atoms with Crippen LogP contribution in [0.15, 0.2) is 24.3 Å². The van der Waals surface area contributed by atoms with E-state index in [1.54, 1.807) is 0 Å². The van der Waals surface area contributed by atoms with Crippen molar-refractivity contribution < 1.29 is 14.7 Å². The van der Waals surface area contributed by atoms with Gasteiger partial charge >= 0.3 is 5.97 Å². The lowest BCUT2D eigenvalue weighted by Gasteiger charge is -2.32. The number of carboxylic acid groups (broad SMARTS) is 1. The number of carboxylic acids is 1. The van der Waals surface area contributed by atoms with Crippen LogP contribution in [0.3, 0.4) is 0 Å². The van der Waals surface area contributed by atoms with Gasteiger partial charge in [-0.05, 0) is 62.1 Å². The van der Waals surface area contributed by atoms with Crippen molar-refractivity contribution in [2.45, 2.75) is 57.4 Å². The predicted molar refractivity (Wildman–Crippen MR) is 101 cm³/mol. The molecule has 1 amide bonds. The number of nitrogens with one attached hydrogen (secondary N) is 1. The molecule has 1 aromatic carbocycles. The third kappa shape index (κ3) is 5.31. The zero-order valence-corrected chi connectivity index (χ0v) is 15.5. The summed E-state index contributed by atoms with van der Waals surface area (Å²) in [6.07, 6.45) is 6.97. The number of benzene rings is 1. The van der Waals surface area contributed by atoms with Crippen LogP contribution in [0.25, 0.3) is 0 Å². The Hall–Kier alpha value is -1.88. The van der Waals surface area contributed by atoms with E-state index in [-0.39, 0.29) is 18.4 Å². The number of amides is 1. The molecule has 26 heavy (non-hydrogen) atoms. The van der Waals surface area contributed by atoms with E-state index in [2.05, 4.69) is 28.4 Å². The molecular weight excluding hydrogens is 328 g/mol. The van der Waals surface area contributed by atoms with Gasteiger partial charge in [0.15, 0.2) is 0 Å². The first kappa shape index (κ1) is 18.9. The molecule has 142 valence electrons. The summed E-state index contributed by atoms with van der Waals surface area (Å²) >= 11 is 0. The van der Waals surface area contributed by atoms with Crippen LogP contribution in [0.5, 0.6) is 0 Å². The summed E-state index contributed by atoms with van der Waals surface area (Å²) in [6.45, 7) is 2.71. The summed E-state index contributed by atoms with van der Waals surface area (Å²) in [7, 11) is 0. The number of aliphatic carboxylic acids is 1. The maximum Gasteiger partial charge on any atom is 0.303 e. The van der Waals surface area contributed by atoms with Crippen molar-refractivity contribution in [2.24, 2.45) is 5.92 Å². The molecule has 2 aliphatic rings. The van der Waals surface area contributed by atoms with Gasteiger partial charge in [-0.15, -0.1) is 0 Å². The summed E-state index contributed by atoms with van der Waals surface area (Å²) in [5, 5.41) is 12.1. The highest BCUT2D eigenvalue weighted by Crippen LogP contribution is 2.29. The second kappa shape index (κ2) is 9.17. The average molecular weight is 358 g/mol. The normalized spacial score (nSPS) is 23.2. The van der Waals surface area contributed by atoms with E-state index in [1.165, 1.54) is 11.1 Å². The summed E-state index contributed by atoms with van der Waals surface area (Å²) in [4.78, 5) is 25.5. The first-order valence-electron chi connectivity index (χ1n) is 9.93. The Morgan fingerprint density at radius 2 is 2.00 bits per heavy atom. The summed E-state index contributed by atoms with van der Waals surface area (Å²) in [6, 6.07) is 8.57. The van der Waals surface area contributed by atoms with E-state index in [0.717, 1.165) is 58.2 Å². The number of hydrogen-bond acceptors (Lipinski definition) is 3. The average Bonchev–Trinajstić information content (AvgIpc) is 2.65. The predicted octanol–water partition coefficient (Wildman–Crippen LogP) is 3.15. The van der Waals surface area contributed by atoms with Gasteiger partial charge in [0.05, 0.1) is 6.04 Å². The van der Waals surface area contributed by atoms with Crippen LogP contribution in [0.1, 0.15) is 62.1 Å². The summed E-state index contributed by atoms with van der Waals surface area (Å²) in [5.74, 6) is -0.137. The zero-order chi connectivity index (χ0) is 18.4. The smallest absolute Gasteiger partial charge is 0.303 e. The summed E-state index contributed by atoms with van der Waals surface area (Å²) in [5.41, 5.74) is 2.64. The molecule has 3 rings (SSSR count). The van der Waals surface area contributed by atoms with Crippen LogP contribution in [-0.2, 0) is 16.0 Å². The SMILES string of the molecule is O=C(O)CCC1CCCN(CCC(=O)NC2CCCc3ccccc32)C1. The Morgan fingerprint density at radius 1 is 1.15 bits per heavy atom. The Bertz CT molecular complexity index is 631. The number of carbonyl (C=O) groups is 2. The van der Waals surface area contributed by atoms with E-state index in [4.69, 9.17) is 5.11 Å². The molecule has 0 bridgehead atoms. The number of likely N-dealkylation sites (tertiary alicyclic amines) is 1. The molecule has 1 aromatic rings. The van der Waals surface area contributed by atoms with Crippen molar-refractivity contribution in [2.75, 3.05) is 19.6 Å². The highest BCUT2D eigenvalue weighted by molar-refractivity contribution is 5.76. The van der Waals surface area contributed by atoms with Gasteiger partial charge in [0.1, 0.15) is 0 Å². The number of nitrogens with zero attached hydrogens (tertiary/aromatic N) is 1. The van der Waals surface area contributed by atoms with Crippen molar-refractivity contribution in [3.63, 3.8) is 0 Å². The number of carbonyl (C=O) groups excluding carboxylic acids is 1. The lowest BCUT2D eigenvalue weighted by Crippen LogP contribution is -2.39. The first-order valence-corrected chi connectivity index (χ1v) is 9.93. The van der Waals surface area contributed by atoms with Crippen LogP contribution >= 0.6 is 0 Å². The summed E-state index contributed by atoms with van der Waals surface area (Å²) < 4.78 is 0. The van der Waals surface area contributed by atoms with Crippen LogP contribution in [-0.4, -0.2) is 41.5 Å². The fraction of sp³-hybridized carbons (Fsp3) is 0.619. The molecule has 1 aliphatic heterocycles. The van der Waals surface area contributed by atoms with Gasteiger partial charge < -0.3 is 15.3 Å². The molecule has 0 aromatic heterocycles. The maximum absolute atomic E-state index is 12.4. The van der Waals surface area contributed by atoms with Gasteiger partial charge in [-0.2, -0.15) is 0 Å². The molecule has 1 saturated heterocycles. The molecule has 2 N–H and O–H groups in total. The first-order chi connectivity index (χ1) is 12.6. The Labute approximate surface area is 155 Å². The standard InChI is InChI=1S/C21H30N2O3/c24-20(22-19-9-3-7-17-6-1-2-8-18(17)19)12-14-23-13-4-5-16(15-23)10-11-21(25)26/h1-2,6,8,16,19H,3-5,7,9-15H2,(H,22,24)(H,25,26). The van der Waals surface area contributed by atoms with Gasteiger partial charge in [-0.3, -0.25) is 9.59 Å². The highest BCUT2D eigenvalue weighted by Gasteiger charge is 2.23. The van der Waals surface area contributed by atoms with Gasteiger partial charge in [0.25, 0.3) is 0 Å². The lowest BCUT2D eigenvalue weighted by molar-refractivity contribution is -0.137. The largest absolute Gasteiger partial charge is 0.481 e. The van der Waals surface area contributed by atoms with E-state index in [0.29, 0.717) is 12.3 Å². The second-order valence-electron chi connectivity index (χ2n) is 7.70. The third-order valence-corrected chi connectivity index (χ3v) is 5.73. The monoisotopic (exact) mass is 358 g/mol. The number of fused-ring (bicyclic) bond motifs is 1. The maximum atomic E-state index is 12.4. The van der Waals surface area contributed by atoms with E-state index in [9.17, 15) is 9.59 Å². The molecule has 0 saturated carbocycles. The van der Waals surface area contributed by atoms with Crippen LogP contribution in [0.2, 0.25) is 0 Å². The topological polar surface area (TPSA) is 69.6 Å². The highest BCUT2D eigenvalue weighted by atomic mass is 16.4. The Morgan fingerprint density at radius 3 is 2.85 bits per heavy atom. The van der Waals surface area contributed by atoms with E-state index < -0.39 is 5.97 Å². The Balaban J connectivity index is 1.44. The quantitative estimate of drug-likeness (QED) is 0.786. The minimum absolute atomic E-state index is 0.124. The molecule has 0 radical (unpaired) electrons. The molecule has 1 fully saturated rings. The third-order valence-electron chi connectivity index (χ3n) is 5.73. The van der Waals surface area contributed by atoms with Gasteiger partial charge in [-0.25, -0.2) is 0 Å². The number of hydrogen-bond donors (Lipinski definition) is 2. The zero-order valence-electron chi connectivity index (χ0n) is 15.5. The molecule has 2 atom stereocenters. The van der Waals surface area contributed by atoms with Crippen molar-refractivity contribution in [1.82, 2.24) is 10.2 Å². The van der Waals surface area contributed by atoms with Crippen LogP contribution in [0.4, 0.5) is 0 Å². The van der Waals surface area contributed by atoms with Gasteiger partial charge in [-0.1, -0.05) is 24.3 Å². The van der Waals surface area contributed by atoms with Crippen molar-refractivity contribution in [1.29, 1.82) is 0 Å². The number of rotatable bonds is 7. The molecule has 2 unspecified atom stereocenters. The number of aryl methyl sites for hydroxylation is 1. The fourth-order valence-electron chi connectivity index (χ4n) is 4.35. The van der Waals surface area contributed by atoms with Crippen LogP contribution < -0.4 is 5.32 Å². The lowest BCUT2D eigenvalue weighted by atomic mass is 9.87. The van der Waals surface area contributed by atoms with Crippen molar-refractivity contribution in [3.8, 4) is 0 Å². The van der Waals surface area contributed by atoms with Crippen LogP contribution in [0, 0.1) is 5.92 Å². The van der Waals surface area contributed by atoms with Gasteiger partial charge in [0, 0.05) is 25.9 Å². The van der Waals surface area contributed by atoms with E-state index >= 15 is 0 Å².